The lowest BCUT2D eigenvalue weighted by atomic mass is 9.97. The summed E-state index contributed by atoms with van der Waals surface area (Å²) in [6.45, 7) is 0.216. The number of carbonyl (C=O) groups is 1. The quantitative estimate of drug-likeness (QED) is 0.629. The third-order valence-corrected chi connectivity index (χ3v) is 4.46. The van der Waals surface area contributed by atoms with E-state index in [9.17, 15) is 18.0 Å². The highest BCUT2D eigenvalue weighted by Gasteiger charge is 2.32. The number of halogens is 3. The Bertz CT molecular complexity index is 1090. The van der Waals surface area contributed by atoms with Gasteiger partial charge in [-0.1, -0.05) is 18.2 Å². The molecule has 28 heavy (non-hydrogen) atoms. The normalized spacial score (nSPS) is 15.2. The fourth-order valence-electron chi connectivity index (χ4n) is 3.12. The van der Waals surface area contributed by atoms with Gasteiger partial charge in [0.25, 0.3) is 0 Å². The largest absolute Gasteiger partial charge is 0.493 e. The Morgan fingerprint density at radius 2 is 2.00 bits per heavy atom. The van der Waals surface area contributed by atoms with Gasteiger partial charge >= 0.3 is 6.18 Å². The van der Waals surface area contributed by atoms with Gasteiger partial charge in [0.2, 0.25) is 5.91 Å². The van der Waals surface area contributed by atoms with Crippen LogP contribution in [-0.4, -0.2) is 17.5 Å². The second-order valence-electron chi connectivity index (χ2n) is 6.38. The average molecular weight is 384 g/mol. The number of hydrogen-bond acceptors (Lipinski definition) is 3. The smallest absolute Gasteiger partial charge is 0.416 e. The van der Waals surface area contributed by atoms with Crippen LogP contribution in [0, 0.1) is 0 Å². The first-order valence-corrected chi connectivity index (χ1v) is 8.61. The van der Waals surface area contributed by atoms with Crippen LogP contribution in [0.2, 0.25) is 0 Å². The summed E-state index contributed by atoms with van der Waals surface area (Å²) < 4.78 is 44.0. The minimum Gasteiger partial charge on any atom is -0.493 e. The number of carbonyl (C=O) groups excluding carboxylic acids is 1. The molecule has 0 radical (unpaired) electrons. The predicted octanol–water partition coefficient (Wildman–Crippen LogP) is 5.06. The van der Waals surface area contributed by atoms with E-state index in [1.165, 1.54) is 12.1 Å². The van der Waals surface area contributed by atoms with Crippen molar-refractivity contribution in [1.82, 2.24) is 4.98 Å². The van der Waals surface area contributed by atoms with Crippen molar-refractivity contribution in [3.63, 3.8) is 0 Å². The van der Waals surface area contributed by atoms with E-state index in [1.54, 1.807) is 18.3 Å². The highest BCUT2D eigenvalue weighted by Crippen LogP contribution is 2.38. The number of nitrogens with zero attached hydrogens (tertiary/aromatic N) is 1. The van der Waals surface area contributed by atoms with Gasteiger partial charge in [0.1, 0.15) is 5.75 Å². The molecular weight excluding hydrogens is 369 g/mol. The highest BCUT2D eigenvalue weighted by atomic mass is 19.4. The molecule has 0 bridgehead atoms. The van der Waals surface area contributed by atoms with Crippen LogP contribution in [0.3, 0.4) is 0 Å². The van der Waals surface area contributed by atoms with Gasteiger partial charge in [-0.25, -0.2) is 0 Å². The van der Waals surface area contributed by atoms with Crippen molar-refractivity contribution < 1.29 is 22.7 Å². The van der Waals surface area contributed by atoms with E-state index in [0.717, 1.165) is 23.0 Å². The molecule has 0 atom stereocenters. The molecule has 0 spiro atoms. The molecule has 1 N–H and O–H groups in total. The van der Waals surface area contributed by atoms with Crippen molar-refractivity contribution in [2.75, 3.05) is 11.9 Å². The lowest BCUT2D eigenvalue weighted by molar-refractivity contribution is -0.137. The number of rotatable bonds is 2. The zero-order valence-corrected chi connectivity index (χ0v) is 14.6. The lowest BCUT2D eigenvalue weighted by Crippen LogP contribution is -2.14. The number of nitrogens with one attached hydrogen (secondary N) is 1. The summed E-state index contributed by atoms with van der Waals surface area (Å²) in [5.41, 5.74) is 1.69. The van der Waals surface area contributed by atoms with Gasteiger partial charge in [-0.05, 0) is 35.9 Å². The molecule has 2 aromatic carbocycles. The Balaban J connectivity index is 1.58. The third kappa shape index (κ3) is 3.69. The molecule has 0 saturated heterocycles. The minimum absolute atomic E-state index is 0.134. The molecule has 4 nitrogen and oxygen atoms in total. The molecule has 1 aromatic heterocycles. The van der Waals surface area contributed by atoms with Gasteiger partial charge in [-0.3, -0.25) is 9.78 Å². The van der Waals surface area contributed by atoms with Gasteiger partial charge in [0, 0.05) is 35.3 Å². The van der Waals surface area contributed by atoms with E-state index in [0.29, 0.717) is 23.2 Å². The van der Waals surface area contributed by atoms with Crippen molar-refractivity contribution in [1.29, 1.82) is 0 Å². The van der Waals surface area contributed by atoms with Crippen LogP contribution in [0.1, 0.15) is 17.5 Å². The van der Waals surface area contributed by atoms with Gasteiger partial charge in [-0.15, -0.1) is 0 Å². The van der Waals surface area contributed by atoms with E-state index >= 15 is 0 Å². The van der Waals surface area contributed by atoms with Crippen molar-refractivity contribution in [3.05, 3.63) is 71.9 Å². The van der Waals surface area contributed by atoms with Gasteiger partial charge in [0.05, 0.1) is 17.7 Å². The molecule has 1 aliphatic rings. The Hall–Kier alpha value is -3.35. The zero-order chi connectivity index (χ0) is 19.7. The first-order chi connectivity index (χ1) is 13.4. The Morgan fingerprint density at radius 3 is 2.82 bits per heavy atom. The monoisotopic (exact) mass is 384 g/mol. The maximum absolute atomic E-state index is 12.9. The summed E-state index contributed by atoms with van der Waals surface area (Å²) in [4.78, 5) is 16.7. The summed E-state index contributed by atoms with van der Waals surface area (Å²) in [5.74, 6) is -0.229. The number of ether oxygens (including phenoxy) is 1. The molecule has 1 aliphatic heterocycles. The van der Waals surface area contributed by atoms with E-state index in [2.05, 4.69) is 10.3 Å². The SMILES string of the molecule is O=C(/C=C1\CCOc2cc(C(F)(F)F)ccc21)Nc1ccc2cccnc2c1. The fraction of sp³-hybridized carbons (Fsp3) is 0.143. The van der Waals surface area contributed by atoms with Crippen LogP contribution in [0.5, 0.6) is 5.75 Å². The third-order valence-electron chi connectivity index (χ3n) is 4.46. The van der Waals surface area contributed by atoms with Crippen molar-refractivity contribution in [2.45, 2.75) is 12.6 Å². The molecule has 0 saturated carbocycles. The second-order valence-corrected chi connectivity index (χ2v) is 6.38. The second kappa shape index (κ2) is 6.99. The molecule has 4 rings (SSSR count). The first-order valence-electron chi connectivity index (χ1n) is 8.61. The number of pyridine rings is 1. The molecule has 0 fully saturated rings. The number of alkyl halides is 3. The number of anilines is 1. The summed E-state index contributed by atoms with van der Waals surface area (Å²) in [6.07, 6.45) is -0.937. The number of aromatic nitrogens is 1. The van der Waals surface area contributed by atoms with Crippen LogP contribution in [-0.2, 0) is 11.0 Å². The number of benzene rings is 2. The maximum atomic E-state index is 12.9. The topological polar surface area (TPSA) is 51.2 Å². The van der Waals surface area contributed by atoms with Crippen molar-refractivity contribution in [2.24, 2.45) is 0 Å². The fourth-order valence-corrected chi connectivity index (χ4v) is 3.12. The lowest BCUT2D eigenvalue weighted by Gasteiger charge is -2.21. The zero-order valence-electron chi connectivity index (χ0n) is 14.6. The van der Waals surface area contributed by atoms with Crippen LogP contribution in [0.4, 0.5) is 18.9 Å². The van der Waals surface area contributed by atoms with Crippen LogP contribution >= 0.6 is 0 Å². The van der Waals surface area contributed by atoms with Crippen LogP contribution in [0.25, 0.3) is 16.5 Å². The first kappa shape index (κ1) is 18.0. The molecule has 2 heterocycles. The van der Waals surface area contributed by atoms with E-state index in [-0.39, 0.29) is 18.3 Å². The van der Waals surface area contributed by atoms with Gasteiger partial charge < -0.3 is 10.1 Å². The molecule has 3 aromatic rings. The summed E-state index contributed by atoms with van der Waals surface area (Å²) in [7, 11) is 0. The molecule has 7 heteroatoms. The predicted molar refractivity (Wildman–Crippen MR) is 99.9 cm³/mol. The summed E-state index contributed by atoms with van der Waals surface area (Å²) in [6, 6.07) is 12.4. The summed E-state index contributed by atoms with van der Waals surface area (Å²) >= 11 is 0. The van der Waals surface area contributed by atoms with Gasteiger partial charge in [0.15, 0.2) is 0 Å². The number of hydrogen-bond donors (Lipinski definition) is 1. The van der Waals surface area contributed by atoms with E-state index in [1.807, 2.05) is 18.2 Å². The molecule has 142 valence electrons. The number of fused-ring (bicyclic) bond motifs is 2. The van der Waals surface area contributed by atoms with E-state index < -0.39 is 11.7 Å². The molecule has 1 amide bonds. The molecular formula is C21H15F3N2O2. The Labute approximate surface area is 158 Å². The van der Waals surface area contributed by atoms with Crippen molar-refractivity contribution in [3.8, 4) is 5.75 Å². The molecule has 0 aliphatic carbocycles. The van der Waals surface area contributed by atoms with Gasteiger partial charge in [-0.2, -0.15) is 13.2 Å². The maximum Gasteiger partial charge on any atom is 0.416 e. The highest BCUT2D eigenvalue weighted by molar-refractivity contribution is 6.05. The Kier molecular flexibility index (Phi) is 4.50. The standard InChI is InChI=1S/C21H15F3N2O2/c22-21(23,24)15-4-6-17-14(7-9-28-19(17)11-15)10-20(27)26-16-5-3-13-2-1-8-25-18(13)12-16/h1-6,8,10-12H,7,9H2,(H,26,27)/b14-10+. The van der Waals surface area contributed by atoms with Crippen LogP contribution < -0.4 is 10.1 Å². The average Bonchev–Trinajstić information content (AvgIpc) is 2.67. The minimum atomic E-state index is -4.44. The number of amides is 1. The summed E-state index contributed by atoms with van der Waals surface area (Å²) in [5, 5.41) is 3.73. The Morgan fingerprint density at radius 1 is 1.14 bits per heavy atom. The van der Waals surface area contributed by atoms with Crippen molar-refractivity contribution >= 4 is 28.1 Å². The van der Waals surface area contributed by atoms with E-state index in [4.69, 9.17) is 4.74 Å². The molecule has 0 unspecified atom stereocenters. The van der Waals surface area contributed by atoms with Crippen LogP contribution in [0.15, 0.2) is 60.8 Å².